The molecular weight excluding hydrogens is 544 g/mol. The summed E-state index contributed by atoms with van der Waals surface area (Å²) in [5.74, 6) is -0.675. The number of benzene rings is 3. The highest BCUT2D eigenvalue weighted by atomic mass is 32.1. The number of carbonyl (C=O) groups is 3. The fourth-order valence-electron chi connectivity index (χ4n) is 4.23. The van der Waals surface area contributed by atoms with E-state index >= 15 is 0 Å². The largest absolute Gasteiger partial charge is 0.492 e. The number of carboxylic acids is 1. The Kier molecular flexibility index (Phi) is 8.92. The minimum Gasteiger partial charge on any atom is -0.492 e. The van der Waals surface area contributed by atoms with Crippen molar-refractivity contribution in [2.45, 2.75) is 45.4 Å². The standard InChI is InChI=1S/C31H32N2O7S/c1-31(2,3)40-29(37)32(4)25(28(35)36)18-20-10-13-23(14-11-20)39-17-16-33-24-15-12-22(19-26(24)41-30(33)38)27(34)21-8-6-5-7-9-21/h5-15,19,25H,16-18H2,1-4H3,(H,35,36). The van der Waals surface area contributed by atoms with Crippen LogP contribution >= 0.6 is 11.3 Å². The molecule has 9 nitrogen and oxygen atoms in total. The molecule has 0 spiro atoms. The third-order valence-corrected chi connectivity index (χ3v) is 7.28. The SMILES string of the molecule is CN(C(=O)OC(C)(C)C)C(Cc1ccc(OCCn2c(=O)sc3cc(C(=O)c4ccccc4)ccc32)cc1)C(=O)O. The van der Waals surface area contributed by atoms with Gasteiger partial charge in [0.25, 0.3) is 0 Å². The third kappa shape index (κ3) is 7.40. The van der Waals surface area contributed by atoms with E-state index in [2.05, 4.69) is 0 Å². The molecule has 0 aliphatic rings. The van der Waals surface area contributed by atoms with Crippen LogP contribution in [0.3, 0.4) is 0 Å². The van der Waals surface area contributed by atoms with Crippen LogP contribution in [0.25, 0.3) is 10.2 Å². The molecule has 1 aromatic heterocycles. The fraction of sp³-hybridized carbons (Fsp3) is 0.290. The second-order valence-corrected chi connectivity index (χ2v) is 11.5. The molecule has 0 aliphatic heterocycles. The van der Waals surface area contributed by atoms with Crippen molar-refractivity contribution in [2.75, 3.05) is 13.7 Å². The van der Waals surface area contributed by atoms with Crippen LogP contribution in [0.4, 0.5) is 4.79 Å². The number of ketones is 1. The van der Waals surface area contributed by atoms with Crippen molar-refractivity contribution < 1.29 is 29.0 Å². The number of likely N-dealkylation sites (N-methyl/N-ethyl adjacent to an activating group) is 1. The van der Waals surface area contributed by atoms with Crippen molar-refractivity contribution in [3.63, 3.8) is 0 Å². The number of aromatic nitrogens is 1. The monoisotopic (exact) mass is 576 g/mol. The first kappa shape index (κ1) is 29.5. The first-order valence-corrected chi connectivity index (χ1v) is 13.9. The number of rotatable bonds is 10. The molecule has 1 N–H and O–H groups in total. The van der Waals surface area contributed by atoms with E-state index in [1.165, 1.54) is 7.05 Å². The number of thiazole rings is 1. The van der Waals surface area contributed by atoms with Crippen molar-refractivity contribution in [3.8, 4) is 5.75 Å². The maximum absolute atomic E-state index is 12.8. The molecule has 10 heteroatoms. The van der Waals surface area contributed by atoms with Gasteiger partial charge in [-0.2, -0.15) is 0 Å². The molecule has 0 bridgehead atoms. The lowest BCUT2D eigenvalue weighted by Crippen LogP contribution is -2.46. The van der Waals surface area contributed by atoms with E-state index in [0.29, 0.717) is 29.0 Å². The molecule has 0 radical (unpaired) electrons. The molecular formula is C31H32N2O7S. The van der Waals surface area contributed by atoms with Gasteiger partial charge in [-0.1, -0.05) is 53.8 Å². The van der Waals surface area contributed by atoms with Gasteiger partial charge in [0.2, 0.25) is 0 Å². The van der Waals surface area contributed by atoms with Crippen LogP contribution in [0.2, 0.25) is 0 Å². The molecule has 0 aliphatic carbocycles. The number of hydrogen-bond donors (Lipinski definition) is 1. The van der Waals surface area contributed by atoms with Gasteiger partial charge in [0, 0.05) is 24.6 Å². The number of aliphatic carboxylic acids is 1. The maximum atomic E-state index is 12.8. The number of ether oxygens (including phenoxy) is 2. The topological polar surface area (TPSA) is 115 Å². The first-order valence-electron chi connectivity index (χ1n) is 13.1. The maximum Gasteiger partial charge on any atom is 0.410 e. The van der Waals surface area contributed by atoms with Crippen LogP contribution in [0.15, 0.2) is 77.6 Å². The Morgan fingerprint density at radius 1 is 0.976 bits per heavy atom. The van der Waals surface area contributed by atoms with Gasteiger partial charge in [-0.3, -0.25) is 19.1 Å². The Labute approximate surface area is 241 Å². The predicted octanol–water partition coefficient (Wildman–Crippen LogP) is 5.24. The zero-order valence-electron chi connectivity index (χ0n) is 23.3. The Hall–Kier alpha value is -4.44. The summed E-state index contributed by atoms with van der Waals surface area (Å²) in [7, 11) is 1.41. The summed E-state index contributed by atoms with van der Waals surface area (Å²) in [4.78, 5) is 50.6. The van der Waals surface area contributed by atoms with E-state index in [1.54, 1.807) is 79.9 Å². The molecule has 1 amide bonds. The fourth-order valence-corrected chi connectivity index (χ4v) is 5.18. The van der Waals surface area contributed by atoms with E-state index in [9.17, 15) is 24.3 Å². The van der Waals surface area contributed by atoms with Gasteiger partial charge in [-0.05, 0) is 56.7 Å². The molecule has 3 aromatic carbocycles. The molecule has 0 saturated heterocycles. The van der Waals surface area contributed by atoms with E-state index in [-0.39, 0.29) is 23.7 Å². The highest BCUT2D eigenvalue weighted by molar-refractivity contribution is 7.16. The number of carbonyl (C=O) groups excluding carboxylic acids is 2. The van der Waals surface area contributed by atoms with Crippen LogP contribution in [0, 0.1) is 0 Å². The smallest absolute Gasteiger partial charge is 0.410 e. The normalized spacial score (nSPS) is 12.1. The van der Waals surface area contributed by atoms with Crippen LogP contribution < -0.4 is 9.61 Å². The second-order valence-electron chi connectivity index (χ2n) is 10.5. The van der Waals surface area contributed by atoms with Gasteiger partial charge < -0.3 is 14.6 Å². The molecule has 1 heterocycles. The molecule has 1 unspecified atom stereocenters. The zero-order chi connectivity index (χ0) is 29.7. The number of nitrogens with zero attached hydrogens (tertiary/aromatic N) is 2. The average molecular weight is 577 g/mol. The summed E-state index contributed by atoms with van der Waals surface area (Å²) < 4.78 is 13.5. The molecule has 0 fully saturated rings. The van der Waals surface area contributed by atoms with Crippen molar-refractivity contribution in [1.29, 1.82) is 0 Å². The molecule has 4 aromatic rings. The molecule has 41 heavy (non-hydrogen) atoms. The summed E-state index contributed by atoms with van der Waals surface area (Å²) in [6, 6.07) is 20.1. The number of amides is 1. The zero-order valence-corrected chi connectivity index (χ0v) is 24.1. The summed E-state index contributed by atoms with van der Waals surface area (Å²) in [5, 5.41) is 9.69. The minimum atomic E-state index is -1.14. The van der Waals surface area contributed by atoms with Gasteiger partial charge in [0.05, 0.1) is 16.8 Å². The lowest BCUT2D eigenvalue weighted by atomic mass is 10.0. The highest BCUT2D eigenvalue weighted by Crippen LogP contribution is 2.22. The highest BCUT2D eigenvalue weighted by Gasteiger charge is 2.30. The molecule has 214 valence electrons. The van der Waals surface area contributed by atoms with Crippen molar-refractivity contribution >= 4 is 39.4 Å². The van der Waals surface area contributed by atoms with Crippen molar-refractivity contribution in [2.24, 2.45) is 0 Å². The predicted molar refractivity (Wildman–Crippen MR) is 157 cm³/mol. The summed E-state index contributed by atoms with van der Waals surface area (Å²) in [5.41, 5.74) is 1.82. The van der Waals surface area contributed by atoms with Crippen LogP contribution in [-0.2, 0) is 22.5 Å². The van der Waals surface area contributed by atoms with Crippen LogP contribution in [-0.4, -0.2) is 57.7 Å². The molecule has 0 saturated carbocycles. The molecule has 1 atom stereocenters. The first-order chi connectivity index (χ1) is 19.4. The van der Waals surface area contributed by atoms with Crippen LogP contribution in [0.5, 0.6) is 5.75 Å². The average Bonchev–Trinajstić information content (AvgIpc) is 3.25. The van der Waals surface area contributed by atoms with Crippen molar-refractivity contribution in [3.05, 3.63) is 99.2 Å². The van der Waals surface area contributed by atoms with Gasteiger partial charge in [0.1, 0.15) is 24.0 Å². The molecule has 4 rings (SSSR count). The Balaban J connectivity index is 1.37. The summed E-state index contributed by atoms with van der Waals surface area (Å²) in [6.45, 7) is 5.70. The third-order valence-electron chi connectivity index (χ3n) is 6.34. The number of carboxylic acid groups (broad SMARTS) is 1. The van der Waals surface area contributed by atoms with Crippen molar-refractivity contribution in [1.82, 2.24) is 9.47 Å². The van der Waals surface area contributed by atoms with Gasteiger partial charge >= 0.3 is 16.9 Å². The van der Waals surface area contributed by atoms with E-state index in [0.717, 1.165) is 26.5 Å². The second kappa shape index (κ2) is 12.4. The Morgan fingerprint density at radius 3 is 2.29 bits per heavy atom. The van der Waals surface area contributed by atoms with Gasteiger partial charge in [-0.25, -0.2) is 9.59 Å². The number of fused-ring (bicyclic) bond motifs is 1. The summed E-state index contributed by atoms with van der Waals surface area (Å²) in [6.07, 6.45) is -0.615. The van der Waals surface area contributed by atoms with Gasteiger partial charge in [-0.15, -0.1) is 0 Å². The van der Waals surface area contributed by atoms with E-state index in [4.69, 9.17) is 9.47 Å². The quantitative estimate of drug-likeness (QED) is 0.257. The van der Waals surface area contributed by atoms with E-state index in [1.807, 2.05) is 18.2 Å². The lowest BCUT2D eigenvalue weighted by molar-refractivity contribution is -0.142. The summed E-state index contributed by atoms with van der Waals surface area (Å²) >= 11 is 1.08. The van der Waals surface area contributed by atoms with Crippen LogP contribution in [0.1, 0.15) is 42.3 Å². The number of hydrogen-bond acceptors (Lipinski definition) is 7. The van der Waals surface area contributed by atoms with Gasteiger partial charge in [0.15, 0.2) is 5.78 Å². The lowest BCUT2D eigenvalue weighted by Gasteiger charge is -2.28. The Bertz CT molecular complexity index is 1600. The minimum absolute atomic E-state index is 0.0937. The van der Waals surface area contributed by atoms with E-state index < -0.39 is 23.7 Å². The Morgan fingerprint density at radius 2 is 1.66 bits per heavy atom.